The van der Waals surface area contributed by atoms with Gasteiger partial charge >= 0.3 is 0 Å². The molecule has 1 heterocycles. The highest BCUT2D eigenvalue weighted by molar-refractivity contribution is 6.12. The first-order chi connectivity index (χ1) is 15.2. The number of nitrogens with two attached hydrogens (primary N) is 1. The van der Waals surface area contributed by atoms with Crippen LogP contribution in [0.4, 0.5) is 0 Å². The van der Waals surface area contributed by atoms with Crippen molar-refractivity contribution in [1.82, 2.24) is 5.01 Å². The lowest BCUT2D eigenvalue weighted by Crippen LogP contribution is -2.37. The molecule has 0 spiro atoms. The minimum Gasteiger partial charge on any atom is -0.489 e. The Hall–Kier alpha value is -3.36. The predicted octanol–water partition coefficient (Wildman–Crippen LogP) is 5.57. The number of aliphatic imine (C=N–C) groups is 1. The first kappa shape index (κ1) is 20.9. The molecule has 0 unspecified atom stereocenters. The van der Waals surface area contributed by atoms with E-state index in [1.807, 2.05) is 36.5 Å². The maximum absolute atomic E-state index is 9.35. The smallest absolute Gasteiger partial charge is 0.160 e. The molecule has 0 saturated heterocycles. The fourth-order valence-corrected chi connectivity index (χ4v) is 4.31. The van der Waals surface area contributed by atoms with Gasteiger partial charge in [-0.2, -0.15) is 5.26 Å². The largest absolute Gasteiger partial charge is 0.489 e. The highest BCUT2D eigenvalue weighted by Crippen LogP contribution is 2.38. The van der Waals surface area contributed by atoms with Crippen LogP contribution in [0.2, 0.25) is 0 Å². The number of nitrogens with zero attached hydrogens (tertiary/aromatic N) is 3. The molecule has 0 aromatic heterocycles. The summed E-state index contributed by atoms with van der Waals surface area (Å²) in [5.41, 5.74) is 4.81. The summed E-state index contributed by atoms with van der Waals surface area (Å²) in [6, 6.07) is 20.4. The van der Waals surface area contributed by atoms with Gasteiger partial charge in [-0.25, -0.2) is 10.8 Å². The molecular formula is C26H28N4O. The Morgan fingerprint density at radius 2 is 1.81 bits per heavy atom. The number of nitriles is 1. The average molecular weight is 413 g/mol. The molecule has 5 nitrogen and oxygen atoms in total. The van der Waals surface area contributed by atoms with Crippen LogP contribution in [0.5, 0.6) is 5.75 Å². The zero-order valence-corrected chi connectivity index (χ0v) is 17.9. The van der Waals surface area contributed by atoms with E-state index in [0.29, 0.717) is 23.9 Å². The molecule has 1 saturated carbocycles. The molecular weight excluding hydrogens is 384 g/mol. The van der Waals surface area contributed by atoms with Crippen LogP contribution in [-0.4, -0.2) is 11.2 Å². The Labute approximate surface area is 184 Å². The lowest BCUT2D eigenvalue weighted by molar-refractivity contribution is 0.306. The third kappa shape index (κ3) is 4.70. The van der Waals surface area contributed by atoms with Crippen LogP contribution in [0.3, 0.4) is 0 Å². The van der Waals surface area contributed by atoms with Gasteiger partial charge in [-0.1, -0.05) is 61.7 Å². The van der Waals surface area contributed by atoms with Crippen molar-refractivity contribution in [2.24, 2.45) is 16.8 Å². The van der Waals surface area contributed by atoms with Crippen molar-refractivity contribution in [2.75, 3.05) is 0 Å². The first-order valence-electron chi connectivity index (χ1n) is 10.9. The van der Waals surface area contributed by atoms with Crippen LogP contribution in [0.15, 0.2) is 76.7 Å². The van der Waals surface area contributed by atoms with Gasteiger partial charge in [0.25, 0.3) is 0 Å². The van der Waals surface area contributed by atoms with E-state index in [9.17, 15) is 5.26 Å². The monoisotopic (exact) mass is 412 g/mol. The maximum atomic E-state index is 9.35. The van der Waals surface area contributed by atoms with Gasteiger partial charge in [0.1, 0.15) is 12.4 Å². The van der Waals surface area contributed by atoms with Gasteiger partial charge in [-0.3, -0.25) is 5.01 Å². The summed E-state index contributed by atoms with van der Waals surface area (Å²) in [4.78, 5) is 4.53. The molecule has 0 atom stereocenters. The molecule has 2 aromatic rings. The van der Waals surface area contributed by atoms with Gasteiger partial charge in [0, 0.05) is 23.4 Å². The van der Waals surface area contributed by atoms with Crippen molar-refractivity contribution < 1.29 is 4.74 Å². The highest BCUT2D eigenvalue weighted by Gasteiger charge is 2.29. The predicted molar refractivity (Wildman–Crippen MR) is 124 cm³/mol. The van der Waals surface area contributed by atoms with E-state index in [1.54, 1.807) is 11.9 Å². The van der Waals surface area contributed by atoms with Gasteiger partial charge in [0.2, 0.25) is 0 Å². The molecule has 158 valence electrons. The van der Waals surface area contributed by atoms with Gasteiger partial charge in [0.15, 0.2) is 5.82 Å². The van der Waals surface area contributed by atoms with Crippen LogP contribution in [-0.2, 0) is 6.61 Å². The van der Waals surface area contributed by atoms with Crippen LogP contribution >= 0.6 is 0 Å². The summed E-state index contributed by atoms with van der Waals surface area (Å²) < 4.78 is 5.93. The molecule has 1 aliphatic heterocycles. The van der Waals surface area contributed by atoms with Gasteiger partial charge in [0.05, 0.1) is 11.6 Å². The SMILES string of the molecule is C/C(C#N)=C1/N=CC(c2ccc(OCc3ccccc3)cc2)=C(C2CCCCC2)N1N. The molecule has 5 heteroatoms. The highest BCUT2D eigenvalue weighted by atomic mass is 16.5. The third-order valence-electron chi connectivity index (χ3n) is 5.99. The van der Waals surface area contributed by atoms with E-state index in [0.717, 1.165) is 41.0 Å². The molecule has 1 fully saturated rings. The number of benzene rings is 2. The number of hydrazine groups is 1. The quantitative estimate of drug-likeness (QED) is 0.514. The molecule has 31 heavy (non-hydrogen) atoms. The summed E-state index contributed by atoms with van der Waals surface area (Å²) in [5.74, 6) is 8.26. The summed E-state index contributed by atoms with van der Waals surface area (Å²) in [6.07, 6.45) is 7.76. The van der Waals surface area contributed by atoms with E-state index in [1.165, 1.54) is 19.3 Å². The molecule has 2 N–H and O–H groups in total. The minimum absolute atomic E-state index is 0.371. The normalized spacial score (nSPS) is 18.7. The molecule has 0 radical (unpaired) electrons. The number of allylic oxidation sites excluding steroid dienone is 3. The van der Waals surface area contributed by atoms with Crippen molar-refractivity contribution in [1.29, 1.82) is 5.26 Å². The fraction of sp³-hybridized carbons (Fsp3) is 0.308. The average Bonchev–Trinajstić information content (AvgIpc) is 2.83. The zero-order valence-electron chi connectivity index (χ0n) is 17.9. The van der Waals surface area contributed by atoms with E-state index in [4.69, 9.17) is 10.6 Å². The van der Waals surface area contributed by atoms with Crippen molar-refractivity contribution in [3.63, 3.8) is 0 Å². The Bertz CT molecular complexity index is 1040. The maximum Gasteiger partial charge on any atom is 0.160 e. The van der Waals surface area contributed by atoms with E-state index in [-0.39, 0.29) is 0 Å². The van der Waals surface area contributed by atoms with Gasteiger partial charge in [-0.05, 0) is 43.0 Å². The Morgan fingerprint density at radius 3 is 2.48 bits per heavy atom. The topological polar surface area (TPSA) is 74.6 Å². The molecule has 0 amide bonds. The minimum atomic E-state index is 0.371. The van der Waals surface area contributed by atoms with Crippen molar-refractivity contribution in [3.8, 4) is 11.8 Å². The molecule has 4 rings (SSSR count). The zero-order chi connectivity index (χ0) is 21.6. The number of hydrogen-bond donors (Lipinski definition) is 1. The van der Waals surface area contributed by atoms with E-state index in [2.05, 4.69) is 35.3 Å². The van der Waals surface area contributed by atoms with Crippen molar-refractivity contribution in [3.05, 3.63) is 82.8 Å². The van der Waals surface area contributed by atoms with Crippen molar-refractivity contribution in [2.45, 2.75) is 45.6 Å². The molecule has 2 aromatic carbocycles. The standard InChI is InChI=1S/C26H28N4O/c1-19(16-27)26-29-17-24(25(30(26)28)22-10-6-3-7-11-22)21-12-14-23(15-13-21)31-18-20-8-4-2-5-9-20/h2,4-5,8-9,12-15,17,22H,3,6-7,10-11,18,28H2,1H3/b26-19+. The Kier molecular flexibility index (Phi) is 6.49. The van der Waals surface area contributed by atoms with Gasteiger partial charge < -0.3 is 4.74 Å². The Balaban J connectivity index is 1.62. The van der Waals surface area contributed by atoms with E-state index >= 15 is 0 Å². The second kappa shape index (κ2) is 9.63. The lowest BCUT2D eigenvalue weighted by atomic mass is 9.83. The van der Waals surface area contributed by atoms with Crippen LogP contribution in [0.1, 0.15) is 50.2 Å². The number of rotatable bonds is 5. The summed E-state index contributed by atoms with van der Waals surface area (Å²) in [5, 5.41) is 11.0. The van der Waals surface area contributed by atoms with Crippen LogP contribution < -0.4 is 10.6 Å². The second-order valence-corrected chi connectivity index (χ2v) is 8.12. The lowest BCUT2D eigenvalue weighted by Gasteiger charge is -2.35. The third-order valence-corrected chi connectivity index (χ3v) is 5.99. The summed E-state index contributed by atoms with van der Waals surface area (Å²) >= 11 is 0. The molecule has 0 bridgehead atoms. The first-order valence-corrected chi connectivity index (χ1v) is 10.9. The Morgan fingerprint density at radius 1 is 1.10 bits per heavy atom. The molecule has 2 aliphatic rings. The van der Waals surface area contributed by atoms with Crippen LogP contribution in [0.25, 0.3) is 5.57 Å². The second-order valence-electron chi connectivity index (χ2n) is 8.12. The molecule has 1 aliphatic carbocycles. The van der Waals surface area contributed by atoms with Gasteiger partial charge in [-0.15, -0.1) is 0 Å². The van der Waals surface area contributed by atoms with Crippen molar-refractivity contribution >= 4 is 11.8 Å². The summed E-state index contributed by atoms with van der Waals surface area (Å²) in [6.45, 7) is 2.30. The fourth-order valence-electron chi connectivity index (χ4n) is 4.31. The van der Waals surface area contributed by atoms with Crippen LogP contribution in [0, 0.1) is 17.2 Å². The summed E-state index contributed by atoms with van der Waals surface area (Å²) in [7, 11) is 0. The number of ether oxygens (including phenoxy) is 1. The van der Waals surface area contributed by atoms with E-state index < -0.39 is 0 Å². The number of hydrogen-bond acceptors (Lipinski definition) is 5.